The average Bonchev–Trinajstić information content (AvgIpc) is 2.81. The van der Waals surface area contributed by atoms with E-state index in [2.05, 4.69) is 15.2 Å². The molecule has 0 bridgehead atoms. The monoisotopic (exact) mass is 263 g/mol. The fraction of sp³-hybridized carbons (Fsp3) is 0.571. The Bertz CT molecular complexity index is 476. The zero-order chi connectivity index (χ0) is 14.0. The quantitative estimate of drug-likeness (QED) is 0.857. The molecule has 0 radical (unpaired) electrons. The number of hydrogen-bond donors (Lipinski definition) is 2. The fourth-order valence-corrected chi connectivity index (χ4v) is 2.63. The molecule has 2 atom stereocenters. The number of nitrogens with zero attached hydrogens (tertiary/aromatic N) is 2. The molecule has 1 aliphatic heterocycles. The van der Waals surface area contributed by atoms with Crippen molar-refractivity contribution in [2.24, 2.45) is 5.41 Å². The Morgan fingerprint density at radius 3 is 3.00 bits per heavy atom. The van der Waals surface area contributed by atoms with E-state index in [0.29, 0.717) is 6.54 Å². The standard InChI is InChI=1S/C14H21N3O2/c1-10(18)11-5-4-7-16-12(11)17-8-6-14(2,9-17)13(19)15-3/h4-5,7,10,18H,6,8-9H2,1-3H3,(H,15,19)/t10-,14?/m1/s1. The van der Waals surface area contributed by atoms with Gasteiger partial charge in [-0.3, -0.25) is 4.79 Å². The van der Waals surface area contributed by atoms with E-state index in [1.807, 2.05) is 19.1 Å². The Kier molecular flexibility index (Phi) is 3.75. The summed E-state index contributed by atoms with van der Waals surface area (Å²) in [6, 6.07) is 3.70. The minimum atomic E-state index is -0.560. The molecule has 1 aliphatic rings. The molecule has 0 spiro atoms. The van der Waals surface area contributed by atoms with Gasteiger partial charge in [0, 0.05) is 31.9 Å². The first kappa shape index (κ1) is 13.8. The molecule has 5 nitrogen and oxygen atoms in total. The second kappa shape index (κ2) is 5.17. The molecule has 19 heavy (non-hydrogen) atoms. The molecule has 0 aromatic carbocycles. The van der Waals surface area contributed by atoms with Gasteiger partial charge in [0.2, 0.25) is 5.91 Å². The summed E-state index contributed by atoms with van der Waals surface area (Å²) in [6.07, 6.45) is 1.95. The van der Waals surface area contributed by atoms with Gasteiger partial charge in [-0.1, -0.05) is 6.07 Å². The molecule has 1 aromatic heterocycles. The smallest absolute Gasteiger partial charge is 0.227 e. The molecule has 0 aliphatic carbocycles. The maximum atomic E-state index is 11.9. The topological polar surface area (TPSA) is 65.5 Å². The first-order valence-corrected chi connectivity index (χ1v) is 6.58. The number of rotatable bonds is 3. The number of nitrogens with one attached hydrogen (secondary N) is 1. The first-order chi connectivity index (χ1) is 8.98. The van der Waals surface area contributed by atoms with Crippen LogP contribution in [0.1, 0.15) is 31.9 Å². The molecule has 1 unspecified atom stereocenters. The normalized spacial score (nSPS) is 24.3. The van der Waals surface area contributed by atoms with Crippen molar-refractivity contribution in [3.8, 4) is 0 Å². The van der Waals surface area contributed by atoms with E-state index in [1.54, 1.807) is 20.2 Å². The van der Waals surface area contributed by atoms with Crippen molar-refractivity contribution in [3.05, 3.63) is 23.9 Å². The Labute approximate surface area is 113 Å². The second-order valence-corrected chi connectivity index (χ2v) is 5.40. The molecule has 2 N–H and O–H groups in total. The number of aliphatic hydroxyl groups excluding tert-OH is 1. The Hall–Kier alpha value is -1.62. The molecule has 1 fully saturated rings. The van der Waals surface area contributed by atoms with Crippen LogP contribution in [0.2, 0.25) is 0 Å². The lowest BCUT2D eigenvalue weighted by molar-refractivity contribution is -0.128. The van der Waals surface area contributed by atoms with E-state index in [4.69, 9.17) is 0 Å². The van der Waals surface area contributed by atoms with Crippen LogP contribution < -0.4 is 10.2 Å². The maximum Gasteiger partial charge on any atom is 0.227 e. The van der Waals surface area contributed by atoms with E-state index >= 15 is 0 Å². The lowest BCUT2D eigenvalue weighted by atomic mass is 9.89. The zero-order valence-corrected chi connectivity index (χ0v) is 11.7. The molecule has 1 saturated heterocycles. The predicted octanol–water partition coefficient (Wildman–Crippen LogP) is 1.10. The van der Waals surface area contributed by atoms with Gasteiger partial charge in [0.25, 0.3) is 0 Å². The van der Waals surface area contributed by atoms with Gasteiger partial charge < -0.3 is 15.3 Å². The van der Waals surface area contributed by atoms with E-state index in [0.717, 1.165) is 24.3 Å². The maximum absolute atomic E-state index is 11.9. The lowest BCUT2D eigenvalue weighted by Crippen LogP contribution is -2.39. The van der Waals surface area contributed by atoms with Crippen molar-refractivity contribution in [2.75, 3.05) is 25.0 Å². The SMILES string of the molecule is CNC(=O)C1(C)CCN(c2ncccc2[C@@H](C)O)C1. The van der Waals surface area contributed by atoms with Crippen molar-refractivity contribution in [1.82, 2.24) is 10.3 Å². The van der Waals surface area contributed by atoms with Crippen LogP contribution >= 0.6 is 0 Å². The Balaban J connectivity index is 2.24. The third-order valence-electron chi connectivity index (χ3n) is 3.82. The van der Waals surface area contributed by atoms with Crippen molar-refractivity contribution in [3.63, 3.8) is 0 Å². The molecule has 5 heteroatoms. The summed E-state index contributed by atoms with van der Waals surface area (Å²) in [7, 11) is 1.66. The van der Waals surface area contributed by atoms with Crippen LogP contribution in [0.5, 0.6) is 0 Å². The van der Waals surface area contributed by atoms with Gasteiger partial charge in [-0.15, -0.1) is 0 Å². The molecule has 2 heterocycles. The van der Waals surface area contributed by atoms with E-state index in [-0.39, 0.29) is 11.3 Å². The van der Waals surface area contributed by atoms with Crippen LogP contribution in [0.15, 0.2) is 18.3 Å². The van der Waals surface area contributed by atoms with E-state index in [9.17, 15) is 9.90 Å². The third-order valence-corrected chi connectivity index (χ3v) is 3.82. The fourth-order valence-electron chi connectivity index (χ4n) is 2.63. The van der Waals surface area contributed by atoms with Crippen molar-refractivity contribution in [1.29, 1.82) is 0 Å². The van der Waals surface area contributed by atoms with Crippen LogP contribution in [0, 0.1) is 5.41 Å². The number of carbonyl (C=O) groups excluding carboxylic acids is 1. The number of pyridine rings is 1. The lowest BCUT2D eigenvalue weighted by Gasteiger charge is -2.25. The first-order valence-electron chi connectivity index (χ1n) is 6.58. The highest BCUT2D eigenvalue weighted by molar-refractivity contribution is 5.83. The van der Waals surface area contributed by atoms with Gasteiger partial charge in [-0.05, 0) is 26.3 Å². The van der Waals surface area contributed by atoms with E-state index < -0.39 is 6.10 Å². The second-order valence-electron chi connectivity index (χ2n) is 5.40. The van der Waals surface area contributed by atoms with Crippen LogP contribution in [0.4, 0.5) is 5.82 Å². The summed E-state index contributed by atoms with van der Waals surface area (Å²) in [4.78, 5) is 18.4. The largest absolute Gasteiger partial charge is 0.389 e. The number of anilines is 1. The summed E-state index contributed by atoms with van der Waals surface area (Å²) in [5.74, 6) is 0.842. The van der Waals surface area contributed by atoms with Crippen LogP contribution in [-0.4, -0.2) is 36.1 Å². The molecule has 1 aromatic rings. The van der Waals surface area contributed by atoms with Gasteiger partial charge in [-0.25, -0.2) is 4.98 Å². The molecule has 0 saturated carbocycles. The number of carbonyl (C=O) groups is 1. The minimum absolute atomic E-state index is 0.0597. The van der Waals surface area contributed by atoms with Gasteiger partial charge in [0.15, 0.2) is 0 Å². The van der Waals surface area contributed by atoms with Gasteiger partial charge >= 0.3 is 0 Å². The highest BCUT2D eigenvalue weighted by atomic mass is 16.3. The van der Waals surface area contributed by atoms with Gasteiger partial charge in [0.05, 0.1) is 11.5 Å². The third kappa shape index (κ3) is 2.56. The summed E-state index contributed by atoms with van der Waals surface area (Å²) in [6.45, 7) is 5.11. The molecular formula is C14H21N3O2. The Morgan fingerprint density at radius 1 is 1.63 bits per heavy atom. The predicted molar refractivity (Wildman–Crippen MR) is 73.9 cm³/mol. The highest BCUT2D eigenvalue weighted by Gasteiger charge is 2.40. The van der Waals surface area contributed by atoms with E-state index in [1.165, 1.54) is 0 Å². The summed E-state index contributed by atoms with van der Waals surface area (Å²) < 4.78 is 0. The van der Waals surface area contributed by atoms with Crippen molar-refractivity contribution >= 4 is 11.7 Å². The van der Waals surface area contributed by atoms with Crippen LogP contribution in [-0.2, 0) is 4.79 Å². The number of aliphatic hydroxyl groups is 1. The van der Waals surface area contributed by atoms with Gasteiger partial charge in [0.1, 0.15) is 5.82 Å². The summed E-state index contributed by atoms with van der Waals surface area (Å²) in [5, 5.41) is 12.5. The average molecular weight is 263 g/mol. The van der Waals surface area contributed by atoms with Crippen molar-refractivity contribution < 1.29 is 9.90 Å². The molecule has 104 valence electrons. The molecular weight excluding hydrogens is 242 g/mol. The molecule has 1 amide bonds. The number of amides is 1. The summed E-state index contributed by atoms with van der Waals surface area (Å²) in [5.41, 5.74) is 0.422. The summed E-state index contributed by atoms with van der Waals surface area (Å²) >= 11 is 0. The van der Waals surface area contributed by atoms with Crippen LogP contribution in [0.3, 0.4) is 0 Å². The minimum Gasteiger partial charge on any atom is -0.389 e. The Morgan fingerprint density at radius 2 is 2.37 bits per heavy atom. The number of hydrogen-bond acceptors (Lipinski definition) is 4. The zero-order valence-electron chi connectivity index (χ0n) is 11.7. The van der Waals surface area contributed by atoms with Gasteiger partial charge in [-0.2, -0.15) is 0 Å². The highest BCUT2D eigenvalue weighted by Crippen LogP contribution is 2.35. The molecule has 2 rings (SSSR count). The van der Waals surface area contributed by atoms with Crippen molar-refractivity contribution in [2.45, 2.75) is 26.4 Å². The number of aromatic nitrogens is 1. The van der Waals surface area contributed by atoms with Crippen LogP contribution in [0.25, 0.3) is 0 Å².